The molecule has 1 heterocycles. The maximum Gasteiger partial charge on any atom is 0.159 e. The van der Waals surface area contributed by atoms with Crippen molar-refractivity contribution >= 4 is 0 Å². The van der Waals surface area contributed by atoms with Crippen molar-refractivity contribution in [3.05, 3.63) is 0 Å². The molecular weight excluding hydrogens is 130 g/mol. The van der Waals surface area contributed by atoms with E-state index >= 15 is 0 Å². The highest BCUT2D eigenvalue weighted by molar-refractivity contribution is 4.91. The summed E-state index contributed by atoms with van der Waals surface area (Å²) in [6.07, 6.45) is 0.447. The molecule has 1 aliphatic heterocycles. The van der Waals surface area contributed by atoms with Gasteiger partial charge in [0.2, 0.25) is 0 Å². The lowest BCUT2D eigenvalue weighted by Crippen LogP contribution is -2.13. The summed E-state index contributed by atoms with van der Waals surface area (Å²) in [5.74, 6) is 0.157. The summed E-state index contributed by atoms with van der Waals surface area (Å²) >= 11 is 0. The first-order valence-corrected chi connectivity index (χ1v) is 3.51. The monoisotopic (exact) mass is 141 g/mol. The van der Waals surface area contributed by atoms with Gasteiger partial charge in [0.15, 0.2) is 6.29 Å². The number of nitriles is 1. The van der Waals surface area contributed by atoms with Crippen LogP contribution in [0.5, 0.6) is 0 Å². The molecule has 1 aliphatic rings. The number of hydrogen-bond donors (Lipinski definition) is 1. The fourth-order valence-corrected chi connectivity index (χ4v) is 1.18. The second-order valence-corrected chi connectivity index (χ2v) is 2.55. The van der Waals surface area contributed by atoms with Gasteiger partial charge in [-0.1, -0.05) is 6.92 Å². The van der Waals surface area contributed by atoms with Crippen molar-refractivity contribution < 1.29 is 9.84 Å². The number of nitrogens with zero attached hydrogens (tertiary/aromatic N) is 1. The first-order chi connectivity index (χ1) is 4.77. The van der Waals surface area contributed by atoms with Gasteiger partial charge in [0, 0.05) is 5.92 Å². The van der Waals surface area contributed by atoms with Crippen LogP contribution in [-0.2, 0) is 4.74 Å². The predicted octanol–water partition coefficient (Wildman–Crippen LogP) is 0.643. The number of aliphatic hydroxyl groups excluding tert-OH is 1. The fraction of sp³-hybridized carbons (Fsp3) is 0.857. The number of ether oxygens (including phenoxy) is 1. The van der Waals surface area contributed by atoms with Crippen LogP contribution in [0.4, 0.5) is 0 Å². The van der Waals surface area contributed by atoms with E-state index < -0.39 is 6.29 Å². The minimum absolute atomic E-state index is 0.157. The Bertz CT molecular complexity index is 152. The number of aliphatic hydroxyl groups is 1. The molecule has 0 amide bonds. The average molecular weight is 141 g/mol. The van der Waals surface area contributed by atoms with Gasteiger partial charge in [-0.05, 0) is 12.8 Å². The lowest BCUT2D eigenvalue weighted by atomic mass is 10.0. The quantitative estimate of drug-likeness (QED) is 0.583. The highest BCUT2D eigenvalue weighted by Crippen LogP contribution is 2.26. The van der Waals surface area contributed by atoms with Crippen molar-refractivity contribution in [1.82, 2.24) is 0 Å². The van der Waals surface area contributed by atoms with E-state index in [1.807, 2.05) is 13.0 Å². The summed E-state index contributed by atoms with van der Waals surface area (Å²) < 4.78 is 4.91. The Hall–Kier alpha value is -0.590. The van der Waals surface area contributed by atoms with Crippen LogP contribution >= 0.6 is 0 Å². The van der Waals surface area contributed by atoms with E-state index in [1.165, 1.54) is 0 Å². The minimum Gasteiger partial charge on any atom is -0.368 e. The maximum absolute atomic E-state index is 9.12. The van der Waals surface area contributed by atoms with Crippen molar-refractivity contribution in [3.8, 4) is 6.07 Å². The van der Waals surface area contributed by atoms with Gasteiger partial charge < -0.3 is 9.84 Å². The molecule has 10 heavy (non-hydrogen) atoms. The first kappa shape index (κ1) is 7.52. The van der Waals surface area contributed by atoms with Crippen LogP contribution in [0.2, 0.25) is 0 Å². The minimum atomic E-state index is -0.713. The number of hydrogen-bond acceptors (Lipinski definition) is 3. The SMILES string of the molecule is CCC1CC(C#N)OC1O. The lowest BCUT2D eigenvalue weighted by molar-refractivity contribution is -0.0963. The lowest BCUT2D eigenvalue weighted by Gasteiger charge is -2.07. The summed E-state index contributed by atoms with van der Waals surface area (Å²) in [6.45, 7) is 1.98. The molecule has 0 aromatic rings. The molecule has 1 saturated heterocycles. The zero-order valence-corrected chi connectivity index (χ0v) is 5.95. The van der Waals surface area contributed by atoms with Crippen LogP contribution in [0, 0.1) is 17.2 Å². The van der Waals surface area contributed by atoms with Crippen LogP contribution in [0.15, 0.2) is 0 Å². The van der Waals surface area contributed by atoms with Crippen LogP contribution in [0.3, 0.4) is 0 Å². The van der Waals surface area contributed by atoms with Crippen LogP contribution in [-0.4, -0.2) is 17.5 Å². The van der Waals surface area contributed by atoms with Gasteiger partial charge in [0.05, 0.1) is 6.07 Å². The van der Waals surface area contributed by atoms with Crippen LogP contribution in [0.1, 0.15) is 19.8 Å². The van der Waals surface area contributed by atoms with E-state index in [1.54, 1.807) is 0 Å². The summed E-state index contributed by atoms with van der Waals surface area (Å²) in [6, 6.07) is 1.98. The summed E-state index contributed by atoms with van der Waals surface area (Å²) in [4.78, 5) is 0. The third-order valence-corrected chi connectivity index (χ3v) is 1.89. The summed E-state index contributed by atoms with van der Waals surface area (Å²) in [7, 11) is 0. The van der Waals surface area contributed by atoms with Crippen molar-refractivity contribution in [2.24, 2.45) is 5.92 Å². The Kier molecular flexibility index (Phi) is 2.25. The molecular formula is C7H11NO2. The molecule has 0 radical (unpaired) electrons. The van der Waals surface area contributed by atoms with Gasteiger partial charge in [0.1, 0.15) is 6.10 Å². The first-order valence-electron chi connectivity index (χ1n) is 3.51. The molecule has 0 aromatic carbocycles. The van der Waals surface area contributed by atoms with Crippen molar-refractivity contribution in [1.29, 1.82) is 5.26 Å². The average Bonchev–Trinajstić information content (AvgIpc) is 2.30. The molecule has 0 aromatic heterocycles. The topological polar surface area (TPSA) is 53.2 Å². The van der Waals surface area contributed by atoms with E-state index in [-0.39, 0.29) is 12.0 Å². The summed E-state index contributed by atoms with van der Waals surface area (Å²) in [5.41, 5.74) is 0. The van der Waals surface area contributed by atoms with Gasteiger partial charge in [0.25, 0.3) is 0 Å². The smallest absolute Gasteiger partial charge is 0.159 e. The molecule has 0 saturated carbocycles. The molecule has 1 N–H and O–H groups in total. The van der Waals surface area contributed by atoms with Crippen LogP contribution in [0.25, 0.3) is 0 Å². The van der Waals surface area contributed by atoms with Gasteiger partial charge in [-0.2, -0.15) is 5.26 Å². The summed E-state index contributed by atoms with van der Waals surface area (Å²) in [5, 5.41) is 17.5. The molecule has 56 valence electrons. The van der Waals surface area contributed by atoms with E-state index in [0.717, 1.165) is 6.42 Å². The van der Waals surface area contributed by atoms with Crippen molar-refractivity contribution in [2.45, 2.75) is 32.2 Å². The van der Waals surface area contributed by atoms with Gasteiger partial charge in [-0.15, -0.1) is 0 Å². The molecule has 0 aliphatic carbocycles. The molecule has 0 bridgehead atoms. The molecule has 1 fully saturated rings. The van der Waals surface area contributed by atoms with Gasteiger partial charge >= 0.3 is 0 Å². The van der Waals surface area contributed by atoms with Crippen molar-refractivity contribution in [3.63, 3.8) is 0 Å². The Morgan fingerprint density at radius 1 is 1.80 bits per heavy atom. The largest absolute Gasteiger partial charge is 0.368 e. The maximum atomic E-state index is 9.12. The normalized spacial score (nSPS) is 39.5. The zero-order valence-electron chi connectivity index (χ0n) is 5.95. The second-order valence-electron chi connectivity index (χ2n) is 2.55. The third kappa shape index (κ3) is 1.28. The highest BCUT2D eigenvalue weighted by atomic mass is 16.6. The molecule has 0 spiro atoms. The molecule has 3 heteroatoms. The Morgan fingerprint density at radius 3 is 2.80 bits per heavy atom. The predicted molar refractivity (Wildman–Crippen MR) is 34.9 cm³/mol. The van der Waals surface area contributed by atoms with E-state index in [4.69, 9.17) is 15.1 Å². The second kappa shape index (κ2) is 3.00. The Balaban J connectivity index is 2.46. The molecule has 1 rings (SSSR count). The Labute approximate surface area is 60.2 Å². The van der Waals surface area contributed by atoms with Gasteiger partial charge in [-0.3, -0.25) is 0 Å². The Morgan fingerprint density at radius 2 is 2.50 bits per heavy atom. The van der Waals surface area contributed by atoms with E-state index in [2.05, 4.69) is 0 Å². The van der Waals surface area contributed by atoms with E-state index in [9.17, 15) is 0 Å². The highest BCUT2D eigenvalue weighted by Gasteiger charge is 2.32. The fourth-order valence-electron chi connectivity index (χ4n) is 1.18. The molecule has 3 nitrogen and oxygen atoms in total. The van der Waals surface area contributed by atoms with E-state index in [0.29, 0.717) is 6.42 Å². The molecule has 3 unspecified atom stereocenters. The van der Waals surface area contributed by atoms with Crippen LogP contribution < -0.4 is 0 Å². The van der Waals surface area contributed by atoms with Crippen molar-refractivity contribution in [2.75, 3.05) is 0 Å². The standard InChI is InChI=1S/C7H11NO2/c1-2-5-3-6(4-8)10-7(5)9/h5-7,9H,2-3H2,1H3. The van der Waals surface area contributed by atoms with Gasteiger partial charge in [-0.25, -0.2) is 0 Å². The zero-order chi connectivity index (χ0) is 7.56. The third-order valence-electron chi connectivity index (χ3n) is 1.89. The molecule has 3 atom stereocenters. The number of rotatable bonds is 1.